The lowest BCUT2D eigenvalue weighted by molar-refractivity contribution is -0.133. The van der Waals surface area contributed by atoms with E-state index in [0.717, 1.165) is 31.2 Å². The third-order valence-corrected chi connectivity index (χ3v) is 6.46. The van der Waals surface area contributed by atoms with E-state index >= 15 is 0 Å². The van der Waals surface area contributed by atoms with Crippen molar-refractivity contribution in [2.75, 3.05) is 7.05 Å². The molecular formula is C23H29N5O3. The standard InChI is InChI=1S/C23H29N5O3/c1-23(22(31)25-17-11-7-4-8-12-17)15-28-19(21(30)27(23)2)13-18(26-28)20(29)24-14-16-9-5-3-6-10-16/h3,5-6,9-10,13,17H,4,7-8,11-12,14-15H2,1-2H3,(H,24,29)(H,25,31). The third-order valence-electron chi connectivity index (χ3n) is 6.46. The number of benzene rings is 1. The number of likely N-dealkylation sites (N-methyl/N-ethyl adjacent to an activating group) is 1. The van der Waals surface area contributed by atoms with Crippen LogP contribution in [0.25, 0.3) is 0 Å². The van der Waals surface area contributed by atoms with Crippen LogP contribution in [0.4, 0.5) is 0 Å². The van der Waals surface area contributed by atoms with Crippen LogP contribution in [0.15, 0.2) is 36.4 Å². The van der Waals surface area contributed by atoms with Crippen LogP contribution >= 0.6 is 0 Å². The van der Waals surface area contributed by atoms with E-state index < -0.39 is 5.54 Å². The number of carbonyl (C=O) groups excluding carboxylic acids is 3. The molecule has 2 aliphatic rings. The number of amides is 3. The van der Waals surface area contributed by atoms with Gasteiger partial charge in [-0.1, -0.05) is 49.6 Å². The van der Waals surface area contributed by atoms with Gasteiger partial charge in [0, 0.05) is 25.7 Å². The maximum absolute atomic E-state index is 13.1. The number of hydrogen-bond donors (Lipinski definition) is 2. The smallest absolute Gasteiger partial charge is 0.272 e. The van der Waals surface area contributed by atoms with E-state index in [9.17, 15) is 14.4 Å². The first-order chi connectivity index (χ1) is 14.9. The lowest BCUT2D eigenvalue weighted by atomic mass is 9.92. The summed E-state index contributed by atoms with van der Waals surface area (Å²) in [6, 6.07) is 11.2. The highest BCUT2D eigenvalue weighted by Gasteiger charge is 2.46. The second-order valence-electron chi connectivity index (χ2n) is 8.69. The first-order valence-electron chi connectivity index (χ1n) is 10.9. The Morgan fingerprint density at radius 1 is 1.16 bits per heavy atom. The summed E-state index contributed by atoms with van der Waals surface area (Å²) in [5, 5.41) is 10.3. The Bertz CT molecular complexity index is 980. The molecule has 31 heavy (non-hydrogen) atoms. The molecule has 8 nitrogen and oxygen atoms in total. The summed E-state index contributed by atoms with van der Waals surface area (Å²) in [5.74, 6) is -0.844. The van der Waals surface area contributed by atoms with Crippen molar-refractivity contribution in [2.24, 2.45) is 0 Å². The highest BCUT2D eigenvalue weighted by Crippen LogP contribution is 2.27. The molecule has 2 heterocycles. The minimum atomic E-state index is -1.06. The maximum atomic E-state index is 13.1. The molecule has 2 aromatic rings. The van der Waals surface area contributed by atoms with Crippen molar-refractivity contribution in [3.05, 3.63) is 53.3 Å². The molecule has 1 unspecified atom stereocenters. The molecule has 3 amide bonds. The summed E-state index contributed by atoms with van der Waals surface area (Å²) < 4.78 is 1.49. The van der Waals surface area contributed by atoms with Crippen LogP contribution in [-0.2, 0) is 17.9 Å². The van der Waals surface area contributed by atoms with Crippen LogP contribution in [0.3, 0.4) is 0 Å². The van der Waals surface area contributed by atoms with Gasteiger partial charge in [0.25, 0.3) is 11.8 Å². The Kier molecular flexibility index (Phi) is 5.80. The highest BCUT2D eigenvalue weighted by molar-refractivity contribution is 6.01. The van der Waals surface area contributed by atoms with E-state index in [1.807, 2.05) is 30.3 Å². The van der Waals surface area contributed by atoms with Crippen LogP contribution in [0.5, 0.6) is 0 Å². The van der Waals surface area contributed by atoms with Gasteiger partial charge in [0.2, 0.25) is 5.91 Å². The SMILES string of the molecule is CN1C(=O)c2cc(C(=O)NCc3ccccc3)nn2CC1(C)C(=O)NC1CCCCC1. The lowest BCUT2D eigenvalue weighted by Gasteiger charge is -2.41. The minimum absolute atomic E-state index is 0.153. The molecule has 1 saturated carbocycles. The summed E-state index contributed by atoms with van der Waals surface area (Å²) in [6.45, 7) is 2.33. The van der Waals surface area contributed by atoms with Gasteiger partial charge in [-0.15, -0.1) is 0 Å². The van der Waals surface area contributed by atoms with Gasteiger partial charge in [0.15, 0.2) is 5.69 Å². The normalized spacial score (nSPS) is 21.5. The summed E-state index contributed by atoms with van der Waals surface area (Å²) in [6.07, 6.45) is 5.37. The Labute approximate surface area is 182 Å². The molecule has 1 aromatic carbocycles. The Balaban J connectivity index is 1.48. The predicted molar refractivity (Wildman–Crippen MR) is 115 cm³/mol. The Morgan fingerprint density at radius 2 is 1.87 bits per heavy atom. The molecule has 0 bridgehead atoms. The van der Waals surface area contributed by atoms with Gasteiger partial charge in [-0.2, -0.15) is 5.10 Å². The van der Waals surface area contributed by atoms with Crippen molar-refractivity contribution >= 4 is 17.7 Å². The topological polar surface area (TPSA) is 96.3 Å². The average molecular weight is 424 g/mol. The number of fused-ring (bicyclic) bond motifs is 1. The second-order valence-corrected chi connectivity index (χ2v) is 8.69. The summed E-state index contributed by atoms with van der Waals surface area (Å²) in [5.41, 5.74) is 0.397. The maximum Gasteiger partial charge on any atom is 0.272 e. The van der Waals surface area contributed by atoms with Crippen LogP contribution in [-0.4, -0.2) is 51.0 Å². The van der Waals surface area contributed by atoms with E-state index in [1.165, 1.54) is 22.1 Å². The van der Waals surface area contributed by atoms with E-state index in [1.54, 1.807) is 14.0 Å². The number of nitrogens with one attached hydrogen (secondary N) is 2. The first-order valence-corrected chi connectivity index (χ1v) is 10.9. The first kappa shape index (κ1) is 21.1. The molecule has 8 heteroatoms. The molecule has 1 fully saturated rings. The van der Waals surface area contributed by atoms with Crippen LogP contribution in [0.1, 0.15) is 65.6 Å². The van der Waals surface area contributed by atoms with Crippen LogP contribution < -0.4 is 10.6 Å². The van der Waals surface area contributed by atoms with Gasteiger partial charge in [-0.25, -0.2) is 0 Å². The third kappa shape index (κ3) is 4.19. The van der Waals surface area contributed by atoms with Crippen molar-refractivity contribution in [2.45, 2.75) is 63.7 Å². The highest BCUT2D eigenvalue weighted by atomic mass is 16.2. The molecule has 4 rings (SSSR count). The lowest BCUT2D eigenvalue weighted by Crippen LogP contribution is -2.63. The number of nitrogens with zero attached hydrogens (tertiary/aromatic N) is 3. The molecule has 0 saturated heterocycles. The molecule has 1 aliphatic carbocycles. The fourth-order valence-electron chi connectivity index (χ4n) is 4.29. The number of hydrogen-bond acceptors (Lipinski definition) is 4. The molecule has 1 atom stereocenters. The summed E-state index contributed by atoms with van der Waals surface area (Å²) in [4.78, 5) is 40.2. The molecule has 0 radical (unpaired) electrons. The van der Waals surface area contributed by atoms with Gasteiger partial charge in [0.1, 0.15) is 11.2 Å². The van der Waals surface area contributed by atoms with Crippen molar-refractivity contribution in [1.82, 2.24) is 25.3 Å². The monoisotopic (exact) mass is 423 g/mol. The van der Waals surface area contributed by atoms with Gasteiger partial charge in [-0.05, 0) is 25.3 Å². The van der Waals surface area contributed by atoms with Crippen molar-refractivity contribution in [1.29, 1.82) is 0 Å². The predicted octanol–water partition coefficient (Wildman–Crippen LogP) is 2.11. The zero-order valence-electron chi connectivity index (χ0n) is 18.1. The Hall–Kier alpha value is -3.16. The molecular weight excluding hydrogens is 394 g/mol. The number of carbonyl (C=O) groups is 3. The van der Waals surface area contributed by atoms with Gasteiger partial charge >= 0.3 is 0 Å². The van der Waals surface area contributed by atoms with E-state index in [2.05, 4.69) is 15.7 Å². The van der Waals surface area contributed by atoms with E-state index in [0.29, 0.717) is 12.2 Å². The van der Waals surface area contributed by atoms with E-state index in [-0.39, 0.29) is 36.0 Å². The Morgan fingerprint density at radius 3 is 2.58 bits per heavy atom. The molecule has 164 valence electrons. The fraction of sp³-hybridized carbons (Fsp3) is 0.478. The van der Waals surface area contributed by atoms with Crippen molar-refractivity contribution < 1.29 is 14.4 Å². The number of rotatable bonds is 5. The molecule has 1 aromatic heterocycles. The largest absolute Gasteiger partial charge is 0.351 e. The zero-order valence-corrected chi connectivity index (χ0v) is 18.1. The fourth-order valence-corrected chi connectivity index (χ4v) is 4.29. The second kappa shape index (κ2) is 8.53. The van der Waals surface area contributed by atoms with E-state index in [4.69, 9.17) is 0 Å². The molecule has 0 spiro atoms. The average Bonchev–Trinajstić information content (AvgIpc) is 3.21. The van der Waals surface area contributed by atoms with Gasteiger partial charge < -0.3 is 15.5 Å². The van der Waals surface area contributed by atoms with Crippen LogP contribution in [0, 0.1) is 0 Å². The number of aromatic nitrogens is 2. The summed E-state index contributed by atoms with van der Waals surface area (Å²) >= 11 is 0. The van der Waals surface area contributed by atoms with Crippen LogP contribution in [0.2, 0.25) is 0 Å². The van der Waals surface area contributed by atoms with Crippen molar-refractivity contribution in [3.63, 3.8) is 0 Å². The van der Waals surface area contributed by atoms with Crippen molar-refractivity contribution in [3.8, 4) is 0 Å². The summed E-state index contributed by atoms with van der Waals surface area (Å²) in [7, 11) is 1.63. The quantitative estimate of drug-likeness (QED) is 0.770. The molecule has 1 aliphatic heterocycles. The van der Waals surface area contributed by atoms with Gasteiger partial charge in [-0.3, -0.25) is 19.1 Å². The molecule has 2 N–H and O–H groups in total. The minimum Gasteiger partial charge on any atom is -0.351 e. The van der Waals surface area contributed by atoms with Gasteiger partial charge in [0.05, 0.1) is 6.54 Å². The zero-order chi connectivity index (χ0) is 22.0.